The molecule has 3 rings (SSSR count). The lowest BCUT2D eigenvalue weighted by molar-refractivity contribution is -0.146. The number of carbonyl (C=O) groups is 1. The summed E-state index contributed by atoms with van der Waals surface area (Å²) in [6, 6.07) is 0.00885. The van der Waals surface area contributed by atoms with Gasteiger partial charge in [0.25, 0.3) is 0 Å². The standard InChI is InChI=1S/C15H22N4O2/c1-21-5-4-19-9-12-2-3-18(14(6-12)15(19)20)10-13-7-16-11-17-8-13/h7-8,11-12,14H,2-6,9-10H2,1H3/t12-,14+/m0/s1. The van der Waals surface area contributed by atoms with Gasteiger partial charge in [-0.1, -0.05) is 0 Å². The van der Waals surface area contributed by atoms with Crippen LogP contribution in [0.1, 0.15) is 18.4 Å². The van der Waals surface area contributed by atoms with Crippen LogP contribution in [-0.2, 0) is 16.1 Å². The maximum absolute atomic E-state index is 12.6. The van der Waals surface area contributed by atoms with Crippen molar-refractivity contribution in [3.05, 3.63) is 24.3 Å². The highest BCUT2D eigenvalue weighted by molar-refractivity contribution is 5.83. The summed E-state index contributed by atoms with van der Waals surface area (Å²) in [5.74, 6) is 0.882. The van der Waals surface area contributed by atoms with Crippen LogP contribution < -0.4 is 0 Å². The maximum atomic E-state index is 12.6. The predicted octanol–water partition coefficient (Wildman–Crippen LogP) is 0.546. The second-order valence-electron chi connectivity index (χ2n) is 5.90. The van der Waals surface area contributed by atoms with E-state index in [2.05, 4.69) is 14.9 Å². The number of hydrogen-bond acceptors (Lipinski definition) is 5. The molecule has 114 valence electrons. The van der Waals surface area contributed by atoms with Gasteiger partial charge < -0.3 is 9.64 Å². The molecule has 0 aliphatic carbocycles. The van der Waals surface area contributed by atoms with E-state index in [1.807, 2.05) is 17.3 Å². The van der Waals surface area contributed by atoms with Crippen LogP contribution in [0.2, 0.25) is 0 Å². The monoisotopic (exact) mass is 290 g/mol. The Morgan fingerprint density at radius 3 is 2.95 bits per heavy atom. The largest absolute Gasteiger partial charge is 0.383 e. The van der Waals surface area contributed by atoms with E-state index < -0.39 is 0 Å². The molecule has 2 saturated heterocycles. The summed E-state index contributed by atoms with van der Waals surface area (Å²) in [5.41, 5.74) is 1.07. The molecule has 6 nitrogen and oxygen atoms in total. The predicted molar refractivity (Wildman–Crippen MR) is 77.4 cm³/mol. The van der Waals surface area contributed by atoms with Gasteiger partial charge in [0.15, 0.2) is 0 Å². The van der Waals surface area contributed by atoms with Crippen LogP contribution >= 0.6 is 0 Å². The van der Waals surface area contributed by atoms with Crippen molar-refractivity contribution < 1.29 is 9.53 Å². The van der Waals surface area contributed by atoms with Crippen molar-refractivity contribution >= 4 is 5.91 Å². The van der Waals surface area contributed by atoms with Gasteiger partial charge in [-0.15, -0.1) is 0 Å². The molecule has 1 amide bonds. The molecular formula is C15H22N4O2. The summed E-state index contributed by atoms with van der Waals surface area (Å²) in [6.07, 6.45) is 7.33. The highest BCUT2D eigenvalue weighted by Crippen LogP contribution is 2.30. The van der Waals surface area contributed by atoms with E-state index in [-0.39, 0.29) is 11.9 Å². The van der Waals surface area contributed by atoms with Crippen molar-refractivity contribution in [2.45, 2.75) is 25.4 Å². The Hall–Kier alpha value is -1.53. The average Bonchev–Trinajstić information content (AvgIpc) is 2.52. The number of ether oxygens (including phenoxy) is 1. The molecule has 2 fully saturated rings. The fraction of sp³-hybridized carbons (Fsp3) is 0.667. The number of nitrogens with zero attached hydrogens (tertiary/aromatic N) is 4. The van der Waals surface area contributed by atoms with E-state index in [9.17, 15) is 4.79 Å². The topological polar surface area (TPSA) is 58.6 Å². The molecule has 0 spiro atoms. The smallest absolute Gasteiger partial charge is 0.240 e. The van der Waals surface area contributed by atoms with Crippen LogP contribution in [0.25, 0.3) is 0 Å². The highest BCUT2D eigenvalue weighted by atomic mass is 16.5. The summed E-state index contributed by atoms with van der Waals surface area (Å²) in [5, 5.41) is 0. The molecule has 0 radical (unpaired) electrons. The first-order valence-corrected chi connectivity index (χ1v) is 7.53. The molecule has 6 heteroatoms. The highest BCUT2D eigenvalue weighted by Gasteiger charge is 2.40. The van der Waals surface area contributed by atoms with Gasteiger partial charge in [0.05, 0.1) is 12.6 Å². The van der Waals surface area contributed by atoms with Gasteiger partial charge in [0.2, 0.25) is 5.91 Å². The number of hydrogen-bond donors (Lipinski definition) is 0. The lowest BCUT2D eigenvalue weighted by Crippen LogP contribution is -2.58. The zero-order valence-electron chi connectivity index (χ0n) is 12.4. The number of piperidine rings is 2. The van der Waals surface area contributed by atoms with Gasteiger partial charge in [-0.25, -0.2) is 9.97 Å². The lowest BCUT2D eigenvalue weighted by atomic mass is 9.85. The zero-order chi connectivity index (χ0) is 14.7. The van der Waals surface area contributed by atoms with Crippen molar-refractivity contribution in [1.29, 1.82) is 0 Å². The van der Waals surface area contributed by atoms with Crippen molar-refractivity contribution in [3.63, 3.8) is 0 Å². The third kappa shape index (κ3) is 3.22. The summed E-state index contributed by atoms with van der Waals surface area (Å²) < 4.78 is 5.11. The van der Waals surface area contributed by atoms with Crippen LogP contribution in [-0.4, -0.2) is 65.1 Å². The van der Waals surface area contributed by atoms with Crippen molar-refractivity contribution in [3.8, 4) is 0 Å². The summed E-state index contributed by atoms with van der Waals surface area (Å²) >= 11 is 0. The van der Waals surface area contributed by atoms with Gasteiger partial charge in [0, 0.05) is 44.7 Å². The van der Waals surface area contributed by atoms with Gasteiger partial charge in [-0.05, 0) is 25.3 Å². The number of likely N-dealkylation sites (tertiary alicyclic amines) is 2. The Bertz CT molecular complexity index is 482. The van der Waals surface area contributed by atoms with Crippen molar-refractivity contribution in [2.24, 2.45) is 5.92 Å². The van der Waals surface area contributed by atoms with Crippen LogP contribution in [0.4, 0.5) is 0 Å². The van der Waals surface area contributed by atoms with Crippen LogP contribution in [0.3, 0.4) is 0 Å². The summed E-state index contributed by atoms with van der Waals surface area (Å²) in [4.78, 5) is 25.0. The number of rotatable bonds is 5. The van der Waals surface area contributed by atoms with E-state index in [0.717, 1.165) is 38.0 Å². The summed E-state index contributed by atoms with van der Waals surface area (Å²) in [6.45, 7) is 3.93. The third-order valence-electron chi connectivity index (χ3n) is 4.46. The van der Waals surface area contributed by atoms with E-state index in [1.54, 1.807) is 7.11 Å². The first-order valence-electron chi connectivity index (χ1n) is 7.53. The molecule has 3 heterocycles. The minimum absolute atomic E-state index is 0.00885. The molecule has 0 aromatic carbocycles. The van der Waals surface area contributed by atoms with E-state index in [4.69, 9.17) is 4.74 Å². The van der Waals surface area contributed by atoms with E-state index in [0.29, 0.717) is 19.1 Å². The number of fused-ring (bicyclic) bond motifs is 2. The first kappa shape index (κ1) is 14.4. The fourth-order valence-corrected chi connectivity index (χ4v) is 3.36. The Labute approximate surface area is 125 Å². The van der Waals surface area contributed by atoms with Gasteiger partial charge in [-0.2, -0.15) is 0 Å². The number of amides is 1. The molecule has 1 aromatic heterocycles. The molecule has 0 N–H and O–H groups in total. The number of methoxy groups -OCH3 is 1. The van der Waals surface area contributed by atoms with E-state index >= 15 is 0 Å². The molecule has 2 bridgehead atoms. The number of aromatic nitrogens is 2. The SMILES string of the molecule is COCCN1C[C@H]2CCN(Cc3cncnc3)[C@H](C2)C1=O. The summed E-state index contributed by atoms with van der Waals surface area (Å²) in [7, 11) is 1.68. The van der Waals surface area contributed by atoms with Crippen molar-refractivity contribution in [1.82, 2.24) is 19.8 Å². The molecule has 0 unspecified atom stereocenters. The fourth-order valence-electron chi connectivity index (χ4n) is 3.36. The second kappa shape index (κ2) is 6.49. The minimum Gasteiger partial charge on any atom is -0.383 e. The zero-order valence-corrected chi connectivity index (χ0v) is 12.4. The molecular weight excluding hydrogens is 268 g/mol. The third-order valence-corrected chi connectivity index (χ3v) is 4.46. The Kier molecular flexibility index (Phi) is 4.45. The molecule has 2 aliphatic rings. The quantitative estimate of drug-likeness (QED) is 0.792. The van der Waals surface area contributed by atoms with Gasteiger partial charge >= 0.3 is 0 Å². The van der Waals surface area contributed by atoms with Gasteiger partial charge in [0.1, 0.15) is 6.33 Å². The maximum Gasteiger partial charge on any atom is 0.240 e. The van der Waals surface area contributed by atoms with Crippen LogP contribution in [0.5, 0.6) is 0 Å². The molecule has 1 aromatic rings. The molecule has 0 saturated carbocycles. The molecule has 21 heavy (non-hydrogen) atoms. The van der Waals surface area contributed by atoms with E-state index in [1.165, 1.54) is 6.33 Å². The van der Waals surface area contributed by atoms with Crippen molar-refractivity contribution in [2.75, 3.05) is 33.4 Å². The van der Waals surface area contributed by atoms with Gasteiger partial charge in [-0.3, -0.25) is 9.69 Å². The first-order chi connectivity index (χ1) is 10.3. The molecule has 2 aliphatic heterocycles. The van der Waals surface area contributed by atoms with Crippen LogP contribution in [0, 0.1) is 5.92 Å². The molecule has 2 atom stereocenters. The Morgan fingerprint density at radius 2 is 2.19 bits per heavy atom. The Balaban J connectivity index is 1.68. The normalized spacial score (nSPS) is 26.1. The lowest BCUT2D eigenvalue weighted by Gasteiger charge is -2.46. The average molecular weight is 290 g/mol. The van der Waals surface area contributed by atoms with Crippen LogP contribution in [0.15, 0.2) is 18.7 Å². The second-order valence-corrected chi connectivity index (χ2v) is 5.90. The Morgan fingerprint density at radius 1 is 1.38 bits per heavy atom. The number of carbonyl (C=O) groups excluding carboxylic acids is 1. The minimum atomic E-state index is 0.00885.